The highest BCUT2D eigenvalue weighted by molar-refractivity contribution is 5.20. The number of hydrogen-bond acceptors (Lipinski definition) is 1. The average Bonchev–Trinajstić information content (AvgIpc) is 2.37. The van der Waals surface area contributed by atoms with Gasteiger partial charge in [0.25, 0.3) is 0 Å². The Labute approximate surface area is 120 Å². The number of rotatable bonds is 4. The molecule has 1 aliphatic rings. The first-order valence-corrected chi connectivity index (χ1v) is 7.56. The van der Waals surface area contributed by atoms with Gasteiger partial charge in [0.1, 0.15) is 11.6 Å². The summed E-state index contributed by atoms with van der Waals surface area (Å²) in [7, 11) is 0. The largest absolute Gasteiger partial charge is 0.311 e. The molecule has 0 aliphatic heterocycles. The van der Waals surface area contributed by atoms with Crippen molar-refractivity contribution in [3.63, 3.8) is 0 Å². The molecule has 1 fully saturated rings. The molecule has 0 radical (unpaired) electrons. The maximum Gasteiger partial charge on any atom is 0.129 e. The summed E-state index contributed by atoms with van der Waals surface area (Å²) < 4.78 is 27.2. The zero-order valence-electron chi connectivity index (χ0n) is 12.7. The van der Waals surface area contributed by atoms with Gasteiger partial charge in [-0.2, -0.15) is 0 Å². The Morgan fingerprint density at radius 3 is 2.30 bits per heavy atom. The Balaban J connectivity index is 1.88. The third kappa shape index (κ3) is 4.02. The van der Waals surface area contributed by atoms with E-state index in [1.165, 1.54) is 31.0 Å². The van der Waals surface area contributed by atoms with Crippen LogP contribution in [0.2, 0.25) is 0 Å². The molecule has 112 valence electrons. The molecule has 0 bridgehead atoms. The minimum absolute atomic E-state index is 0.0904. The van der Waals surface area contributed by atoms with E-state index < -0.39 is 11.6 Å². The summed E-state index contributed by atoms with van der Waals surface area (Å²) in [6, 6.07) is 4.64. The first-order chi connectivity index (χ1) is 9.37. The second-order valence-corrected chi connectivity index (χ2v) is 6.91. The number of nitrogens with one attached hydrogen (secondary N) is 1. The van der Waals surface area contributed by atoms with Gasteiger partial charge in [-0.15, -0.1) is 0 Å². The van der Waals surface area contributed by atoms with Crippen molar-refractivity contribution in [1.29, 1.82) is 0 Å². The predicted molar refractivity (Wildman–Crippen MR) is 78.7 cm³/mol. The zero-order chi connectivity index (χ0) is 14.8. The summed E-state index contributed by atoms with van der Waals surface area (Å²) in [4.78, 5) is 0. The van der Waals surface area contributed by atoms with Gasteiger partial charge >= 0.3 is 0 Å². The molecule has 1 aliphatic carbocycles. The van der Waals surface area contributed by atoms with Crippen molar-refractivity contribution in [2.75, 3.05) is 0 Å². The summed E-state index contributed by atoms with van der Waals surface area (Å²) in [6.45, 7) is 6.62. The lowest BCUT2D eigenvalue weighted by molar-refractivity contribution is 0.199. The van der Waals surface area contributed by atoms with Crippen molar-refractivity contribution in [2.24, 2.45) is 5.41 Å². The quantitative estimate of drug-likeness (QED) is 0.859. The van der Waals surface area contributed by atoms with Gasteiger partial charge < -0.3 is 5.32 Å². The van der Waals surface area contributed by atoms with Crippen molar-refractivity contribution in [2.45, 2.75) is 65.0 Å². The molecule has 1 N–H and O–H groups in total. The van der Waals surface area contributed by atoms with Crippen LogP contribution in [-0.2, 0) is 6.42 Å². The monoisotopic (exact) mass is 281 g/mol. The lowest BCUT2D eigenvalue weighted by atomic mass is 9.75. The minimum Gasteiger partial charge on any atom is -0.311 e. The molecule has 1 saturated carbocycles. The number of benzene rings is 1. The third-order valence-electron chi connectivity index (χ3n) is 4.43. The topological polar surface area (TPSA) is 12.0 Å². The van der Waals surface area contributed by atoms with Crippen molar-refractivity contribution in [3.05, 3.63) is 35.4 Å². The molecule has 2 rings (SSSR count). The smallest absolute Gasteiger partial charge is 0.129 e. The Bertz CT molecular complexity index is 426. The Morgan fingerprint density at radius 2 is 1.75 bits per heavy atom. The highest BCUT2D eigenvalue weighted by atomic mass is 19.1. The molecule has 20 heavy (non-hydrogen) atoms. The Kier molecular flexibility index (Phi) is 4.79. The molecule has 0 heterocycles. The molecule has 1 nitrogen and oxygen atoms in total. The zero-order valence-corrected chi connectivity index (χ0v) is 12.7. The second-order valence-electron chi connectivity index (χ2n) is 6.91. The standard InChI is InChI=1S/C17H25F2N/c1-12(11-14-15(18)5-4-6-16(14)19)20-13-7-9-17(2,3)10-8-13/h4-6,12-13,20H,7-11H2,1-3H3. The molecule has 0 spiro atoms. The van der Waals surface area contributed by atoms with E-state index in [0.29, 0.717) is 17.9 Å². The van der Waals surface area contributed by atoms with E-state index in [2.05, 4.69) is 19.2 Å². The molecule has 1 aromatic carbocycles. The first kappa shape index (κ1) is 15.4. The van der Waals surface area contributed by atoms with E-state index in [1.54, 1.807) is 0 Å². The van der Waals surface area contributed by atoms with E-state index in [4.69, 9.17) is 0 Å². The molecule has 0 amide bonds. The van der Waals surface area contributed by atoms with Gasteiger partial charge in [0.2, 0.25) is 0 Å². The molecule has 1 unspecified atom stereocenters. The van der Waals surface area contributed by atoms with Gasteiger partial charge in [0, 0.05) is 17.6 Å². The van der Waals surface area contributed by atoms with E-state index in [-0.39, 0.29) is 11.6 Å². The lowest BCUT2D eigenvalue weighted by Gasteiger charge is -2.36. The van der Waals surface area contributed by atoms with Crippen molar-refractivity contribution < 1.29 is 8.78 Å². The fraction of sp³-hybridized carbons (Fsp3) is 0.647. The fourth-order valence-electron chi connectivity index (χ4n) is 3.06. The van der Waals surface area contributed by atoms with Crippen LogP contribution in [0.4, 0.5) is 8.78 Å². The van der Waals surface area contributed by atoms with E-state index in [9.17, 15) is 8.78 Å². The van der Waals surface area contributed by atoms with Crippen molar-refractivity contribution in [3.8, 4) is 0 Å². The van der Waals surface area contributed by atoms with Gasteiger partial charge in [-0.25, -0.2) is 8.78 Å². The molecule has 0 aromatic heterocycles. The molecular formula is C17H25F2N. The maximum absolute atomic E-state index is 13.6. The number of halogens is 2. The van der Waals surface area contributed by atoms with Crippen molar-refractivity contribution >= 4 is 0 Å². The SMILES string of the molecule is CC(Cc1c(F)cccc1F)NC1CCC(C)(C)CC1. The summed E-state index contributed by atoms with van der Waals surface area (Å²) in [5.41, 5.74) is 0.641. The summed E-state index contributed by atoms with van der Waals surface area (Å²) in [5.74, 6) is -0.883. The molecule has 1 aromatic rings. The van der Waals surface area contributed by atoms with Crippen LogP contribution in [0.25, 0.3) is 0 Å². The van der Waals surface area contributed by atoms with Gasteiger partial charge in [-0.05, 0) is 56.6 Å². The van der Waals surface area contributed by atoms with Crippen LogP contribution in [0.15, 0.2) is 18.2 Å². The Hall–Kier alpha value is -0.960. The summed E-state index contributed by atoms with van der Waals surface area (Å²) >= 11 is 0. The van der Waals surface area contributed by atoms with Gasteiger partial charge in [0.05, 0.1) is 0 Å². The van der Waals surface area contributed by atoms with Crippen molar-refractivity contribution in [1.82, 2.24) is 5.32 Å². The van der Waals surface area contributed by atoms with Gasteiger partial charge in [-0.1, -0.05) is 19.9 Å². The third-order valence-corrected chi connectivity index (χ3v) is 4.43. The predicted octanol–water partition coefficient (Wildman–Crippen LogP) is 4.45. The molecule has 1 atom stereocenters. The van der Waals surface area contributed by atoms with E-state index in [1.807, 2.05) is 6.92 Å². The van der Waals surface area contributed by atoms with Crippen LogP contribution < -0.4 is 5.32 Å². The van der Waals surface area contributed by atoms with Crippen LogP contribution in [0.3, 0.4) is 0 Å². The molecule has 3 heteroatoms. The summed E-state index contributed by atoms with van der Waals surface area (Å²) in [6.07, 6.45) is 5.13. The normalized spacial score (nSPS) is 20.9. The van der Waals surface area contributed by atoms with Crippen LogP contribution in [0.5, 0.6) is 0 Å². The van der Waals surface area contributed by atoms with Gasteiger partial charge in [-0.3, -0.25) is 0 Å². The van der Waals surface area contributed by atoms with Crippen LogP contribution in [0, 0.1) is 17.0 Å². The Morgan fingerprint density at radius 1 is 1.20 bits per heavy atom. The van der Waals surface area contributed by atoms with E-state index >= 15 is 0 Å². The number of hydrogen-bond donors (Lipinski definition) is 1. The minimum atomic E-state index is -0.441. The van der Waals surface area contributed by atoms with Gasteiger partial charge in [0.15, 0.2) is 0 Å². The van der Waals surface area contributed by atoms with Crippen LogP contribution >= 0.6 is 0 Å². The second kappa shape index (κ2) is 6.21. The van der Waals surface area contributed by atoms with Crippen LogP contribution in [0.1, 0.15) is 52.0 Å². The lowest BCUT2D eigenvalue weighted by Crippen LogP contribution is -2.41. The van der Waals surface area contributed by atoms with Crippen LogP contribution in [-0.4, -0.2) is 12.1 Å². The highest BCUT2D eigenvalue weighted by Gasteiger charge is 2.27. The maximum atomic E-state index is 13.6. The fourth-order valence-corrected chi connectivity index (χ4v) is 3.06. The highest BCUT2D eigenvalue weighted by Crippen LogP contribution is 2.35. The molecular weight excluding hydrogens is 256 g/mol. The molecule has 0 saturated heterocycles. The first-order valence-electron chi connectivity index (χ1n) is 7.56. The van der Waals surface area contributed by atoms with E-state index in [0.717, 1.165) is 12.8 Å². The summed E-state index contributed by atoms with van der Waals surface area (Å²) in [5, 5.41) is 3.53. The average molecular weight is 281 g/mol.